The van der Waals surface area contributed by atoms with E-state index in [2.05, 4.69) is 22.8 Å². The Hall–Kier alpha value is -2.31. The second-order valence-electron chi connectivity index (χ2n) is 5.51. The first-order chi connectivity index (χ1) is 12.2. The van der Waals surface area contributed by atoms with Crippen molar-refractivity contribution in [2.45, 2.75) is 12.5 Å². The lowest BCUT2D eigenvalue weighted by atomic mass is 10.1. The summed E-state index contributed by atoms with van der Waals surface area (Å²) in [5, 5.41) is 16.6. The zero-order valence-corrected chi connectivity index (χ0v) is 15.1. The summed E-state index contributed by atoms with van der Waals surface area (Å²) in [6, 6.07) is 17.4. The number of benzene rings is 2. The highest BCUT2D eigenvalue weighted by atomic mass is 32.1. The van der Waals surface area contributed by atoms with Crippen molar-refractivity contribution >= 4 is 17.3 Å². The van der Waals surface area contributed by atoms with Crippen LogP contribution < -0.4 is 20.1 Å². The maximum Gasteiger partial charge on any atom is 0.166 e. The van der Waals surface area contributed by atoms with E-state index in [9.17, 15) is 5.11 Å². The van der Waals surface area contributed by atoms with Gasteiger partial charge in [-0.3, -0.25) is 0 Å². The van der Waals surface area contributed by atoms with E-state index in [-0.39, 0.29) is 6.61 Å². The maximum atomic E-state index is 9.96. The van der Waals surface area contributed by atoms with Gasteiger partial charge in [-0.25, -0.2) is 0 Å². The SMILES string of the molecule is COc1ccc(OCC(O)CNC(=S)NCCc2ccccc2)cc1. The van der Waals surface area contributed by atoms with Gasteiger partial charge in [-0.05, 0) is 48.5 Å². The van der Waals surface area contributed by atoms with Crippen molar-refractivity contribution in [3.8, 4) is 11.5 Å². The van der Waals surface area contributed by atoms with Crippen molar-refractivity contribution in [1.29, 1.82) is 0 Å². The van der Waals surface area contributed by atoms with E-state index in [1.54, 1.807) is 19.2 Å². The average molecular weight is 360 g/mol. The minimum Gasteiger partial charge on any atom is -0.497 e. The third-order valence-electron chi connectivity index (χ3n) is 3.54. The van der Waals surface area contributed by atoms with Gasteiger partial charge < -0.3 is 25.2 Å². The Balaban J connectivity index is 1.58. The summed E-state index contributed by atoms with van der Waals surface area (Å²) < 4.78 is 10.6. The van der Waals surface area contributed by atoms with Crippen LogP contribution >= 0.6 is 12.2 Å². The molecule has 0 fully saturated rings. The van der Waals surface area contributed by atoms with E-state index in [1.807, 2.05) is 30.3 Å². The third-order valence-corrected chi connectivity index (χ3v) is 3.83. The molecule has 2 rings (SSSR count). The van der Waals surface area contributed by atoms with Crippen LogP contribution in [0.1, 0.15) is 5.56 Å². The molecular weight excluding hydrogens is 336 g/mol. The summed E-state index contributed by atoms with van der Waals surface area (Å²) in [5.74, 6) is 1.45. The molecule has 0 aromatic heterocycles. The number of aliphatic hydroxyl groups is 1. The molecule has 0 saturated heterocycles. The largest absolute Gasteiger partial charge is 0.497 e. The molecule has 0 heterocycles. The predicted octanol–water partition coefficient (Wildman–Crippen LogP) is 2.14. The molecule has 0 aliphatic carbocycles. The van der Waals surface area contributed by atoms with Gasteiger partial charge in [-0.2, -0.15) is 0 Å². The Morgan fingerprint density at radius 3 is 2.40 bits per heavy atom. The van der Waals surface area contributed by atoms with Gasteiger partial charge in [-0.15, -0.1) is 0 Å². The van der Waals surface area contributed by atoms with Crippen molar-refractivity contribution < 1.29 is 14.6 Å². The highest BCUT2D eigenvalue weighted by Gasteiger charge is 2.06. The number of rotatable bonds is 9. The van der Waals surface area contributed by atoms with Crippen LogP contribution in [0.5, 0.6) is 11.5 Å². The van der Waals surface area contributed by atoms with Crippen molar-refractivity contribution in [2.75, 3.05) is 26.8 Å². The number of aliphatic hydroxyl groups excluding tert-OH is 1. The molecule has 3 N–H and O–H groups in total. The molecule has 0 spiro atoms. The molecule has 2 aromatic carbocycles. The normalized spacial score (nSPS) is 11.4. The predicted molar refractivity (Wildman–Crippen MR) is 103 cm³/mol. The molecule has 0 saturated carbocycles. The van der Waals surface area contributed by atoms with Gasteiger partial charge in [0.15, 0.2) is 5.11 Å². The number of methoxy groups -OCH3 is 1. The smallest absolute Gasteiger partial charge is 0.166 e. The van der Waals surface area contributed by atoms with Crippen molar-refractivity contribution in [3.05, 3.63) is 60.2 Å². The van der Waals surface area contributed by atoms with Crippen LogP contribution in [0.2, 0.25) is 0 Å². The van der Waals surface area contributed by atoms with E-state index >= 15 is 0 Å². The van der Waals surface area contributed by atoms with Crippen LogP contribution in [-0.4, -0.2) is 43.1 Å². The first kappa shape index (κ1) is 19.0. The summed E-state index contributed by atoms with van der Waals surface area (Å²) in [6.07, 6.45) is 0.238. The Kier molecular flexibility index (Phi) is 8.01. The molecule has 0 aliphatic rings. The van der Waals surface area contributed by atoms with Crippen LogP contribution in [0.3, 0.4) is 0 Å². The van der Waals surface area contributed by atoms with E-state index < -0.39 is 6.10 Å². The number of thiocarbonyl (C=S) groups is 1. The molecule has 0 bridgehead atoms. The maximum absolute atomic E-state index is 9.96. The lowest BCUT2D eigenvalue weighted by Gasteiger charge is -2.15. The van der Waals surface area contributed by atoms with Crippen molar-refractivity contribution in [2.24, 2.45) is 0 Å². The summed E-state index contributed by atoms with van der Waals surface area (Å²) in [5.41, 5.74) is 1.26. The van der Waals surface area contributed by atoms with E-state index in [1.165, 1.54) is 5.56 Å². The number of hydrogen-bond donors (Lipinski definition) is 3. The van der Waals surface area contributed by atoms with Crippen LogP contribution in [0, 0.1) is 0 Å². The van der Waals surface area contributed by atoms with Crippen LogP contribution in [-0.2, 0) is 6.42 Å². The molecular formula is C19H24N2O3S. The number of hydrogen-bond acceptors (Lipinski definition) is 4. The van der Waals surface area contributed by atoms with Gasteiger partial charge in [0.25, 0.3) is 0 Å². The molecule has 134 valence electrons. The van der Waals surface area contributed by atoms with Gasteiger partial charge in [-0.1, -0.05) is 30.3 Å². The third kappa shape index (κ3) is 7.41. The molecule has 0 aliphatic heterocycles. The first-order valence-electron chi connectivity index (χ1n) is 8.18. The monoisotopic (exact) mass is 360 g/mol. The zero-order chi connectivity index (χ0) is 17.9. The van der Waals surface area contributed by atoms with Crippen LogP contribution in [0.4, 0.5) is 0 Å². The molecule has 25 heavy (non-hydrogen) atoms. The van der Waals surface area contributed by atoms with Crippen LogP contribution in [0.25, 0.3) is 0 Å². The lowest BCUT2D eigenvalue weighted by Crippen LogP contribution is -2.41. The molecule has 2 aromatic rings. The van der Waals surface area contributed by atoms with Gasteiger partial charge in [0, 0.05) is 13.1 Å². The highest BCUT2D eigenvalue weighted by Crippen LogP contribution is 2.16. The fourth-order valence-corrected chi connectivity index (χ4v) is 2.35. The summed E-state index contributed by atoms with van der Waals surface area (Å²) in [7, 11) is 1.61. The standard InChI is InChI=1S/C19H24N2O3S/c1-23-17-7-9-18(10-8-17)24-14-16(22)13-21-19(25)20-12-11-15-5-3-2-4-6-15/h2-10,16,22H,11-14H2,1H3,(H2,20,21,25). The van der Waals surface area contributed by atoms with Crippen molar-refractivity contribution in [1.82, 2.24) is 10.6 Å². The molecule has 0 amide bonds. The second kappa shape index (κ2) is 10.5. The summed E-state index contributed by atoms with van der Waals surface area (Å²) >= 11 is 5.21. The zero-order valence-electron chi connectivity index (χ0n) is 14.3. The van der Waals surface area contributed by atoms with E-state index in [0.29, 0.717) is 17.4 Å². The molecule has 5 nitrogen and oxygen atoms in total. The van der Waals surface area contributed by atoms with Crippen molar-refractivity contribution in [3.63, 3.8) is 0 Å². The lowest BCUT2D eigenvalue weighted by molar-refractivity contribution is 0.110. The summed E-state index contributed by atoms with van der Waals surface area (Å²) in [4.78, 5) is 0. The average Bonchev–Trinajstić information content (AvgIpc) is 2.66. The fraction of sp³-hybridized carbons (Fsp3) is 0.316. The quantitative estimate of drug-likeness (QED) is 0.596. The summed E-state index contributed by atoms with van der Waals surface area (Å²) in [6.45, 7) is 1.26. The van der Waals surface area contributed by atoms with Gasteiger partial charge in [0.2, 0.25) is 0 Å². The van der Waals surface area contributed by atoms with E-state index in [4.69, 9.17) is 21.7 Å². The minimum absolute atomic E-state index is 0.186. The van der Waals surface area contributed by atoms with Crippen LogP contribution in [0.15, 0.2) is 54.6 Å². The van der Waals surface area contributed by atoms with Gasteiger partial charge >= 0.3 is 0 Å². The molecule has 0 radical (unpaired) electrons. The Morgan fingerprint density at radius 2 is 1.72 bits per heavy atom. The van der Waals surface area contributed by atoms with E-state index in [0.717, 1.165) is 18.7 Å². The highest BCUT2D eigenvalue weighted by molar-refractivity contribution is 7.80. The Labute approximate surface area is 154 Å². The molecule has 1 unspecified atom stereocenters. The topological polar surface area (TPSA) is 62.8 Å². The van der Waals surface area contributed by atoms with Gasteiger partial charge in [0.05, 0.1) is 7.11 Å². The Bertz CT molecular complexity index is 635. The fourth-order valence-electron chi connectivity index (χ4n) is 2.16. The van der Waals surface area contributed by atoms with Gasteiger partial charge in [0.1, 0.15) is 24.2 Å². The Morgan fingerprint density at radius 1 is 1.04 bits per heavy atom. The first-order valence-corrected chi connectivity index (χ1v) is 8.58. The minimum atomic E-state index is -0.657. The molecule has 6 heteroatoms. The molecule has 1 atom stereocenters. The number of nitrogens with one attached hydrogen (secondary N) is 2. The second-order valence-corrected chi connectivity index (χ2v) is 5.92. The number of ether oxygens (including phenoxy) is 2.